The van der Waals surface area contributed by atoms with Crippen molar-refractivity contribution in [1.82, 2.24) is 10.2 Å². The van der Waals surface area contributed by atoms with Crippen LogP contribution < -0.4 is 5.32 Å². The normalized spacial score (nSPS) is 12.6. The van der Waals surface area contributed by atoms with E-state index >= 15 is 0 Å². The molecule has 0 saturated carbocycles. The highest BCUT2D eigenvalue weighted by Crippen LogP contribution is 2.26. The molecule has 3 rings (SSSR count). The van der Waals surface area contributed by atoms with Crippen molar-refractivity contribution in [3.63, 3.8) is 0 Å². The fraction of sp³-hybridized carbons (Fsp3) is 0.286. The highest BCUT2D eigenvalue weighted by atomic mass is 79.9. The van der Waals surface area contributed by atoms with Gasteiger partial charge in [0.1, 0.15) is 6.04 Å². The van der Waals surface area contributed by atoms with E-state index in [1.54, 1.807) is 23.1 Å². The van der Waals surface area contributed by atoms with E-state index in [-0.39, 0.29) is 30.8 Å². The lowest BCUT2D eigenvalue weighted by Crippen LogP contribution is -2.52. The number of benzene rings is 3. The molecule has 0 spiro atoms. The number of nitrogens with zero attached hydrogens (tertiary/aromatic N) is 1. The molecule has 184 valence electrons. The Kier molecular flexibility index (Phi) is 10.2. The first-order valence-corrected chi connectivity index (χ1v) is 13.1. The molecule has 2 atom stereocenters. The van der Waals surface area contributed by atoms with Gasteiger partial charge in [-0.05, 0) is 54.3 Å². The van der Waals surface area contributed by atoms with Crippen molar-refractivity contribution in [2.75, 3.05) is 0 Å². The van der Waals surface area contributed by atoms with Crippen LogP contribution in [0.2, 0.25) is 10.0 Å². The second-order valence-electron chi connectivity index (χ2n) is 8.55. The summed E-state index contributed by atoms with van der Waals surface area (Å²) in [6, 6.07) is 21.9. The third-order valence-corrected chi connectivity index (χ3v) is 7.16. The van der Waals surface area contributed by atoms with Crippen LogP contribution in [0.4, 0.5) is 0 Å². The van der Waals surface area contributed by atoms with Crippen LogP contribution in [0, 0.1) is 0 Å². The van der Waals surface area contributed by atoms with Crippen LogP contribution >= 0.6 is 39.1 Å². The maximum Gasteiger partial charge on any atom is 0.243 e. The molecule has 0 fully saturated rings. The molecule has 0 aliphatic carbocycles. The molecule has 0 unspecified atom stereocenters. The monoisotopic (exact) mass is 574 g/mol. The standard InChI is InChI=1S/C28H29BrCl2N2O2/c1-3-19(2)32-28(35)26(16-20-8-5-4-6-9-20)33(18-21-12-14-22(29)15-13-21)27(34)17-23-24(30)10-7-11-25(23)31/h4-15,19,26H,3,16-18H2,1-2H3,(H,32,35)/t19-,26-/m1/s1. The van der Waals surface area contributed by atoms with Gasteiger partial charge in [-0.2, -0.15) is 0 Å². The molecular formula is C28H29BrCl2N2O2. The van der Waals surface area contributed by atoms with E-state index in [0.717, 1.165) is 22.0 Å². The SMILES string of the molecule is CC[C@@H](C)NC(=O)[C@@H](Cc1ccccc1)N(Cc1ccc(Br)cc1)C(=O)Cc1c(Cl)cccc1Cl. The molecule has 3 aromatic carbocycles. The van der Waals surface area contributed by atoms with Gasteiger partial charge in [0.05, 0.1) is 6.42 Å². The zero-order chi connectivity index (χ0) is 25.4. The summed E-state index contributed by atoms with van der Waals surface area (Å²) in [5.41, 5.74) is 2.45. The fourth-order valence-corrected chi connectivity index (χ4v) is 4.53. The quantitative estimate of drug-likeness (QED) is 0.287. The van der Waals surface area contributed by atoms with Gasteiger partial charge in [-0.1, -0.05) is 94.6 Å². The van der Waals surface area contributed by atoms with Crippen LogP contribution in [0.1, 0.15) is 37.0 Å². The van der Waals surface area contributed by atoms with E-state index in [1.807, 2.05) is 68.4 Å². The Morgan fingerprint density at radius 2 is 1.54 bits per heavy atom. The van der Waals surface area contributed by atoms with Gasteiger partial charge in [0.15, 0.2) is 0 Å². The van der Waals surface area contributed by atoms with E-state index in [4.69, 9.17) is 23.2 Å². The number of carbonyl (C=O) groups excluding carboxylic acids is 2. The molecule has 1 N–H and O–H groups in total. The summed E-state index contributed by atoms with van der Waals surface area (Å²) in [5, 5.41) is 3.93. The van der Waals surface area contributed by atoms with E-state index in [0.29, 0.717) is 22.0 Å². The molecule has 0 heterocycles. The number of amides is 2. The van der Waals surface area contributed by atoms with Crippen molar-refractivity contribution < 1.29 is 9.59 Å². The number of rotatable bonds is 10. The number of carbonyl (C=O) groups is 2. The molecular weight excluding hydrogens is 547 g/mol. The summed E-state index contributed by atoms with van der Waals surface area (Å²) in [5.74, 6) is -0.401. The van der Waals surface area contributed by atoms with Crippen molar-refractivity contribution in [3.05, 3.63) is 104 Å². The first-order chi connectivity index (χ1) is 16.8. The number of hydrogen-bond acceptors (Lipinski definition) is 2. The molecule has 0 saturated heterocycles. The van der Waals surface area contributed by atoms with Crippen LogP contribution in [0.3, 0.4) is 0 Å². The van der Waals surface area contributed by atoms with Crippen LogP contribution in [0.25, 0.3) is 0 Å². The van der Waals surface area contributed by atoms with Crippen LogP contribution in [0.15, 0.2) is 77.3 Å². The highest BCUT2D eigenvalue weighted by Gasteiger charge is 2.31. The maximum absolute atomic E-state index is 13.8. The predicted octanol–water partition coefficient (Wildman–Crippen LogP) is 6.85. The van der Waals surface area contributed by atoms with Gasteiger partial charge in [0.2, 0.25) is 11.8 Å². The third-order valence-electron chi connectivity index (χ3n) is 5.93. The van der Waals surface area contributed by atoms with E-state index in [9.17, 15) is 9.59 Å². The minimum Gasteiger partial charge on any atom is -0.352 e. The Morgan fingerprint density at radius 3 is 2.14 bits per heavy atom. The van der Waals surface area contributed by atoms with Crippen molar-refractivity contribution >= 4 is 50.9 Å². The van der Waals surface area contributed by atoms with Gasteiger partial charge in [-0.3, -0.25) is 9.59 Å². The van der Waals surface area contributed by atoms with Crippen LogP contribution in [0.5, 0.6) is 0 Å². The summed E-state index contributed by atoms with van der Waals surface area (Å²) < 4.78 is 0.942. The number of halogens is 3. The molecule has 3 aromatic rings. The molecule has 0 radical (unpaired) electrons. The first-order valence-electron chi connectivity index (χ1n) is 11.6. The summed E-state index contributed by atoms with van der Waals surface area (Å²) in [4.78, 5) is 29.0. The van der Waals surface area contributed by atoms with E-state index in [1.165, 1.54) is 0 Å². The first kappa shape index (κ1) is 27.3. The van der Waals surface area contributed by atoms with E-state index in [2.05, 4.69) is 21.2 Å². The predicted molar refractivity (Wildman–Crippen MR) is 147 cm³/mol. The van der Waals surface area contributed by atoms with Crippen molar-refractivity contribution in [2.45, 2.75) is 51.7 Å². The highest BCUT2D eigenvalue weighted by molar-refractivity contribution is 9.10. The van der Waals surface area contributed by atoms with Gasteiger partial charge in [0.25, 0.3) is 0 Å². The average Bonchev–Trinajstić information content (AvgIpc) is 2.85. The van der Waals surface area contributed by atoms with Gasteiger partial charge in [-0.15, -0.1) is 0 Å². The fourth-order valence-electron chi connectivity index (χ4n) is 3.74. The molecule has 2 amide bonds. The summed E-state index contributed by atoms with van der Waals surface area (Å²) in [7, 11) is 0. The average molecular weight is 576 g/mol. The Labute approximate surface area is 225 Å². The Hall–Kier alpha value is -2.34. The zero-order valence-electron chi connectivity index (χ0n) is 19.8. The molecule has 0 aliphatic rings. The van der Waals surface area contributed by atoms with Crippen molar-refractivity contribution in [1.29, 1.82) is 0 Å². The number of hydrogen-bond donors (Lipinski definition) is 1. The number of nitrogens with one attached hydrogen (secondary N) is 1. The van der Waals surface area contributed by atoms with Gasteiger partial charge in [0, 0.05) is 33.5 Å². The topological polar surface area (TPSA) is 49.4 Å². The lowest BCUT2D eigenvalue weighted by molar-refractivity contribution is -0.141. The second-order valence-corrected chi connectivity index (χ2v) is 10.3. The molecule has 0 bridgehead atoms. The zero-order valence-corrected chi connectivity index (χ0v) is 22.9. The smallest absolute Gasteiger partial charge is 0.243 e. The lowest BCUT2D eigenvalue weighted by Gasteiger charge is -2.32. The molecule has 4 nitrogen and oxygen atoms in total. The Balaban J connectivity index is 2.00. The van der Waals surface area contributed by atoms with Crippen LogP contribution in [-0.2, 0) is 29.0 Å². The maximum atomic E-state index is 13.8. The minimum absolute atomic E-state index is 0.00304. The largest absolute Gasteiger partial charge is 0.352 e. The lowest BCUT2D eigenvalue weighted by atomic mass is 10.0. The van der Waals surface area contributed by atoms with Gasteiger partial charge < -0.3 is 10.2 Å². The third kappa shape index (κ3) is 7.83. The van der Waals surface area contributed by atoms with Gasteiger partial charge >= 0.3 is 0 Å². The molecule has 0 aliphatic heterocycles. The summed E-state index contributed by atoms with van der Waals surface area (Å²) >= 11 is 16.2. The van der Waals surface area contributed by atoms with Crippen molar-refractivity contribution in [2.24, 2.45) is 0 Å². The Morgan fingerprint density at radius 1 is 0.914 bits per heavy atom. The van der Waals surface area contributed by atoms with Crippen LogP contribution in [-0.4, -0.2) is 28.8 Å². The molecule has 35 heavy (non-hydrogen) atoms. The second kappa shape index (κ2) is 13.1. The van der Waals surface area contributed by atoms with E-state index < -0.39 is 6.04 Å². The minimum atomic E-state index is -0.705. The summed E-state index contributed by atoms with van der Waals surface area (Å²) in [6.07, 6.45) is 1.18. The summed E-state index contributed by atoms with van der Waals surface area (Å²) in [6.45, 7) is 4.25. The molecule has 0 aromatic heterocycles. The Bertz CT molecular complexity index is 1120. The van der Waals surface area contributed by atoms with Gasteiger partial charge in [-0.25, -0.2) is 0 Å². The molecule has 7 heteroatoms. The van der Waals surface area contributed by atoms with Crippen molar-refractivity contribution in [3.8, 4) is 0 Å².